The van der Waals surface area contributed by atoms with Crippen molar-refractivity contribution in [1.29, 1.82) is 0 Å². The molecular weight excluding hydrogens is 304 g/mol. The molecule has 138 valence electrons. The van der Waals surface area contributed by atoms with E-state index in [1.54, 1.807) is 0 Å². The first-order valence-electron chi connectivity index (χ1n) is 9.30. The fraction of sp³-hybridized carbons (Fsp3) is 0.850. The highest BCUT2D eigenvalue weighted by Gasteiger charge is 2.60. The first kappa shape index (κ1) is 19.5. The third-order valence-corrected chi connectivity index (χ3v) is 7.22. The minimum absolute atomic E-state index is 0.0455. The van der Waals surface area contributed by atoms with E-state index in [-0.39, 0.29) is 23.9 Å². The highest BCUT2D eigenvalue weighted by Crippen LogP contribution is 2.63. The van der Waals surface area contributed by atoms with E-state index in [0.29, 0.717) is 6.42 Å². The van der Waals surface area contributed by atoms with Gasteiger partial charge in [0.25, 0.3) is 0 Å². The first-order valence-corrected chi connectivity index (χ1v) is 9.30. The fourth-order valence-electron chi connectivity index (χ4n) is 5.83. The van der Waals surface area contributed by atoms with Crippen molar-refractivity contribution in [3.8, 4) is 0 Å². The van der Waals surface area contributed by atoms with E-state index in [0.717, 1.165) is 44.1 Å². The van der Waals surface area contributed by atoms with Gasteiger partial charge in [-0.2, -0.15) is 0 Å². The number of aliphatic carboxylic acids is 1. The highest BCUT2D eigenvalue weighted by molar-refractivity contribution is 5.75. The van der Waals surface area contributed by atoms with Crippen LogP contribution in [0.3, 0.4) is 0 Å². The molecule has 2 rings (SSSR count). The van der Waals surface area contributed by atoms with E-state index in [1.807, 2.05) is 26.8 Å². The Bertz CT molecular complexity index is 510. The van der Waals surface area contributed by atoms with Gasteiger partial charge in [0.2, 0.25) is 0 Å². The minimum atomic E-state index is -0.749. The molecule has 1 unspecified atom stereocenters. The monoisotopic (exact) mass is 338 g/mol. The summed E-state index contributed by atoms with van der Waals surface area (Å²) in [6.07, 6.45) is 7.60. The molecule has 0 spiro atoms. The van der Waals surface area contributed by atoms with E-state index >= 15 is 0 Å². The van der Waals surface area contributed by atoms with Gasteiger partial charge in [0.1, 0.15) is 0 Å². The molecule has 0 aromatic carbocycles. The van der Waals surface area contributed by atoms with E-state index in [1.165, 1.54) is 0 Å². The van der Waals surface area contributed by atoms with Gasteiger partial charge in [-0.25, -0.2) is 0 Å². The minimum Gasteiger partial charge on any atom is -0.481 e. The second-order valence-corrected chi connectivity index (χ2v) is 8.85. The SMILES string of the molecule is C/C(=C/CO)CC[C@@H]1[C@@]2(C)CCC[C@](C)(C(=O)O)C2CC[C@@]1(C)O. The predicted molar refractivity (Wildman–Crippen MR) is 94.6 cm³/mol. The second-order valence-electron chi connectivity index (χ2n) is 8.85. The second kappa shape index (κ2) is 6.80. The summed E-state index contributed by atoms with van der Waals surface area (Å²) in [5.41, 5.74) is -0.442. The van der Waals surface area contributed by atoms with E-state index in [4.69, 9.17) is 5.11 Å². The van der Waals surface area contributed by atoms with Crippen molar-refractivity contribution in [1.82, 2.24) is 0 Å². The molecule has 0 amide bonds. The van der Waals surface area contributed by atoms with Gasteiger partial charge in [0.15, 0.2) is 0 Å². The zero-order chi connectivity index (χ0) is 18.2. The van der Waals surface area contributed by atoms with Crippen LogP contribution in [0.4, 0.5) is 0 Å². The highest BCUT2D eigenvalue weighted by atomic mass is 16.4. The van der Waals surface area contributed by atoms with Gasteiger partial charge in [-0.1, -0.05) is 25.0 Å². The molecule has 0 aromatic heterocycles. The number of hydrogen-bond donors (Lipinski definition) is 3. The van der Waals surface area contributed by atoms with Crippen LogP contribution in [-0.2, 0) is 4.79 Å². The molecule has 4 nitrogen and oxygen atoms in total. The number of aliphatic hydroxyl groups is 2. The molecule has 0 aromatic rings. The lowest BCUT2D eigenvalue weighted by molar-refractivity contribution is -0.190. The third-order valence-electron chi connectivity index (χ3n) is 7.22. The number of allylic oxidation sites excluding steroid dienone is 1. The van der Waals surface area contributed by atoms with E-state index in [2.05, 4.69) is 6.92 Å². The van der Waals surface area contributed by atoms with Crippen LogP contribution in [0.1, 0.15) is 72.6 Å². The average molecular weight is 338 g/mol. The summed E-state index contributed by atoms with van der Waals surface area (Å²) in [4.78, 5) is 12.0. The van der Waals surface area contributed by atoms with Crippen molar-refractivity contribution in [2.45, 2.75) is 78.2 Å². The maximum Gasteiger partial charge on any atom is 0.309 e. The lowest BCUT2D eigenvalue weighted by Crippen LogP contribution is -2.59. The van der Waals surface area contributed by atoms with Crippen molar-refractivity contribution in [3.63, 3.8) is 0 Å². The van der Waals surface area contributed by atoms with Gasteiger partial charge < -0.3 is 15.3 Å². The summed E-state index contributed by atoms with van der Waals surface area (Å²) in [5, 5.41) is 30.0. The summed E-state index contributed by atoms with van der Waals surface area (Å²) in [6, 6.07) is 0. The van der Waals surface area contributed by atoms with E-state index < -0.39 is 17.0 Å². The fourth-order valence-corrected chi connectivity index (χ4v) is 5.83. The average Bonchev–Trinajstić information content (AvgIpc) is 2.45. The van der Waals surface area contributed by atoms with Crippen molar-refractivity contribution in [3.05, 3.63) is 11.6 Å². The molecule has 0 heterocycles. The zero-order valence-electron chi connectivity index (χ0n) is 15.6. The largest absolute Gasteiger partial charge is 0.481 e. The van der Waals surface area contributed by atoms with Crippen LogP contribution in [0.25, 0.3) is 0 Å². The molecule has 2 saturated carbocycles. The Balaban J connectivity index is 2.32. The summed E-state index contributed by atoms with van der Waals surface area (Å²) in [6.45, 7) is 8.10. The van der Waals surface area contributed by atoms with Crippen molar-refractivity contribution >= 4 is 5.97 Å². The predicted octanol–water partition coefficient (Wildman–Crippen LogP) is 3.76. The lowest BCUT2D eigenvalue weighted by atomic mass is 9.44. The number of fused-ring (bicyclic) bond motifs is 1. The normalized spacial score (nSPS) is 43.3. The number of aliphatic hydroxyl groups excluding tert-OH is 1. The van der Waals surface area contributed by atoms with Gasteiger partial charge >= 0.3 is 5.97 Å². The maximum absolute atomic E-state index is 12.0. The number of carbonyl (C=O) groups is 1. The molecule has 0 saturated heterocycles. The Morgan fingerprint density at radius 1 is 1.21 bits per heavy atom. The van der Waals surface area contributed by atoms with Gasteiger partial charge in [0.05, 0.1) is 17.6 Å². The Kier molecular flexibility index (Phi) is 5.51. The molecule has 4 heteroatoms. The van der Waals surface area contributed by atoms with Gasteiger partial charge in [-0.15, -0.1) is 0 Å². The van der Waals surface area contributed by atoms with Crippen LogP contribution >= 0.6 is 0 Å². The van der Waals surface area contributed by atoms with Crippen molar-refractivity contribution in [2.75, 3.05) is 6.61 Å². The molecule has 0 aliphatic heterocycles. The van der Waals surface area contributed by atoms with E-state index in [9.17, 15) is 15.0 Å². The first-order chi connectivity index (χ1) is 11.1. The van der Waals surface area contributed by atoms with Gasteiger partial charge in [-0.05, 0) is 76.5 Å². The van der Waals surface area contributed by atoms with Crippen LogP contribution in [-0.4, -0.2) is 33.5 Å². The summed E-state index contributed by atoms with van der Waals surface area (Å²) in [7, 11) is 0. The van der Waals surface area contributed by atoms with Crippen LogP contribution in [0.5, 0.6) is 0 Å². The molecule has 2 fully saturated rings. The van der Waals surface area contributed by atoms with Gasteiger partial charge in [0, 0.05) is 0 Å². The molecule has 3 N–H and O–H groups in total. The van der Waals surface area contributed by atoms with Gasteiger partial charge in [-0.3, -0.25) is 4.79 Å². The Labute approximate surface area is 146 Å². The molecule has 0 radical (unpaired) electrons. The quantitative estimate of drug-likeness (QED) is 0.667. The molecule has 2 aliphatic rings. The van der Waals surface area contributed by atoms with Crippen LogP contribution in [0.2, 0.25) is 0 Å². The number of rotatable bonds is 5. The van der Waals surface area contributed by atoms with Crippen LogP contribution in [0, 0.1) is 22.7 Å². The smallest absolute Gasteiger partial charge is 0.309 e. The topological polar surface area (TPSA) is 77.8 Å². The van der Waals surface area contributed by atoms with Crippen LogP contribution < -0.4 is 0 Å². The zero-order valence-corrected chi connectivity index (χ0v) is 15.6. The van der Waals surface area contributed by atoms with Crippen molar-refractivity contribution < 1.29 is 20.1 Å². The molecule has 0 bridgehead atoms. The molecule has 2 aliphatic carbocycles. The summed E-state index contributed by atoms with van der Waals surface area (Å²) < 4.78 is 0. The summed E-state index contributed by atoms with van der Waals surface area (Å²) >= 11 is 0. The molecular formula is C20H34O4. The Morgan fingerprint density at radius 2 is 1.88 bits per heavy atom. The lowest BCUT2D eigenvalue weighted by Gasteiger charge is -2.60. The standard InChI is InChI=1S/C20H34O4/c1-14(9-13-21)6-7-16-18(2)10-5-11-19(3,17(22)23)15(18)8-12-20(16,4)24/h9,15-16,21,24H,5-8,10-13H2,1-4H3,(H,22,23)/b14-9-/t15?,16-,18+,19+,20-/m1/s1. The third kappa shape index (κ3) is 3.28. The number of hydrogen-bond acceptors (Lipinski definition) is 3. The number of carboxylic acids is 1. The molecule has 24 heavy (non-hydrogen) atoms. The molecule has 5 atom stereocenters. The van der Waals surface area contributed by atoms with Crippen LogP contribution in [0.15, 0.2) is 11.6 Å². The maximum atomic E-state index is 12.0. The Hall–Kier alpha value is -0.870. The summed E-state index contributed by atoms with van der Waals surface area (Å²) in [5.74, 6) is -0.483. The van der Waals surface area contributed by atoms with Crippen molar-refractivity contribution in [2.24, 2.45) is 22.7 Å². The Morgan fingerprint density at radius 3 is 2.46 bits per heavy atom. The number of carboxylic acid groups (broad SMARTS) is 1.